The second-order valence-corrected chi connectivity index (χ2v) is 7.21. The van der Waals surface area contributed by atoms with Crippen LogP contribution in [0.4, 0.5) is 0 Å². The number of hydrogen-bond donors (Lipinski definition) is 1. The van der Waals surface area contributed by atoms with Gasteiger partial charge in [-0.3, -0.25) is 4.79 Å². The minimum absolute atomic E-state index is 0.0245. The first kappa shape index (κ1) is 16.5. The van der Waals surface area contributed by atoms with Crippen LogP contribution in [0, 0.1) is 6.92 Å². The Hall–Kier alpha value is -2.33. The minimum atomic E-state index is -0.0306. The van der Waals surface area contributed by atoms with Gasteiger partial charge in [-0.15, -0.1) is 11.3 Å². The van der Waals surface area contributed by atoms with Crippen molar-refractivity contribution in [2.75, 3.05) is 0 Å². The van der Waals surface area contributed by atoms with Gasteiger partial charge in [-0.2, -0.15) is 0 Å². The van der Waals surface area contributed by atoms with Gasteiger partial charge in [-0.25, -0.2) is 0 Å². The van der Waals surface area contributed by atoms with Gasteiger partial charge in [-0.1, -0.05) is 42.5 Å². The molecular formula is C20H22N2OS. The van der Waals surface area contributed by atoms with E-state index < -0.39 is 0 Å². The lowest BCUT2D eigenvalue weighted by molar-refractivity contribution is 0.0931. The summed E-state index contributed by atoms with van der Waals surface area (Å²) in [4.78, 5) is 14.1. The molecule has 0 bridgehead atoms. The third-order valence-electron chi connectivity index (χ3n) is 4.12. The molecular weight excluding hydrogens is 316 g/mol. The van der Waals surface area contributed by atoms with Crippen molar-refractivity contribution < 1.29 is 4.79 Å². The van der Waals surface area contributed by atoms with Gasteiger partial charge in [0.2, 0.25) is 0 Å². The van der Waals surface area contributed by atoms with E-state index in [0.29, 0.717) is 6.54 Å². The van der Waals surface area contributed by atoms with Crippen molar-refractivity contribution >= 4 is 27.5 Å². The van der Waals surface area contributed by atoms with Crippen molar-refractivity contribution in [2.45, 2.75) is 33.4 Å². The largest absolute Gasteiger partial charge is 0.344 e. The Kier molecular flexibility index (Phi) is 4.86. The number of hydrogen-bond acceptors (Lipinski definition) is 2. The maximum atomic E-state index is 12.8. The summed E-state index contributed by atoms with van der Waals surface area (Å²) in [6.45, 7) is 6.82. The molecule has 3 nitrogen and oxygen atoms in total. The predicted molar refractivity (Wildman–Crippen MR) is 102 cm³/mol. The summed E-state index contributed by atoms with van der Waals surface area (Å²) in [7, 11) is 0. The molecule has 4 heteroatoms. The highest BCUT2D eigenvalue weighted by Crippen LogP contribution is 2.29. The van der Waals surface area contributed by atoms with Crippen LogP contribution in [0.3, 0.4) is 0 Å². The van der Waals surface area contributed by atoms with E-state index in [1.807, 2.05) is 56.3 Å². The Bertz CT molecular complexity index is 874. The summed E-state index contributed by atoms with van der Waals surface area (Å²) in [5.74, 6) is -0.0306. The zero-order chi connectivity index (χ0) is 17.1. The molecule has 1 atom stereocenters. The number of carbonyl (C=O) groups is 1. The standard InChI is InChI=1S/C20H22N2OS/c1-4-5-11-22-17-12-14(2)24-19(17)13-18(22)20(23)21-15(3)16-9-7-6-8-10-16/h4-10,12-13,15H,11H2,1-3H3,(H,21,23)/b5-4+/t15-/m0/s1. The van der Waals surface area contributed by atoms with Crippen LogP contribution in [0.2, 0.25) is 0 Å². The monoisotopic (exact) mass is 338 g/mol. The van der Waals surface area contributed by atoms with E-state index in [0.717, 1.165) is 21.5 Å². The van der Waals surface area contributed by atoms with Crippen LogP contribution in [0.1, 0.15) is 40.8 Å². The van der Waals surface area contributed by atoms with Gasteiger partial charge in [0.1, 0.15) is 5.69 Å². The summed E-state index contributed by atoms with van der Waals surface area (Å²) >= 11 is 1.73. The molecule has 0 spiro atoms. The van der Waals surface area contributed by atoms with Gasteiger partial charge in [0, 0.05) is 11.4 Å². The van der Waals surface area contributed by atoms with Crippen LogP contribution in [0.5, 0.6) is 0 Å². The van der Waals surface area contributed by atoms with Crippen LogP contribution in [-0.2, 0) is 6.54 Å². The van der Waals surface area contributed by atoms with Gasteiger partial charge < -0.3 is 9.88 Å². The maximum Gasteiger partial charge on any atom is 0.268 e. The number of aryl methyl sites for hydroxylation is 1. The molecule has 1 amide bonds. The molecule has 3 rings (SSSR count). The smallest absolute Gasteiger partial charge is 0.268 e. The Labute approximate surface area is 146 Å². The molecule has 0 unspecified atom stereocenters. The molecule has 1 aromatic carbocycles. The summed E-state index contributed by atoms with van der Waals surface area (Å²) in [5, 5.41) is 3.12. The summed E-state index contributed by atoms with van der Waals surface area (Å²) in [6, 6.07) is 14.2. The first-order valence-corrected chi connectivity index (χ1v) is 8.98. The second-order valence-electron chi connectivity index (χ2n) is 5.92. The number of fused-ring (bicyclic) bond motifs is 1. The molecule has 0 aliphatic heterocycles. The van der Waals surface area contributed by atoms with Crippen LogP contribution in [0.25, 0.3) is 10.2 Å². The number of thiophene rings is 1. The van der Waals surface area contributed by atoms with Crippen molar-refractivity contribution in [3.8, 4) is 0 Å². The maximum absolute atomic E-state index is 12.8. The highest BCUT2D eigenvalue weighted by Gasteiger charge is 2.18. The Balaban J connectivity index is 1.90. The average molecular weight is 338 g/mol. The third kappa shape index (κ3) is 3.29. The SMILES string of the molecule is C/C=C/Cn1c(C(=O)N[C@@H](C)c2ccccc2)cc2sc(C)cc21. The number of allylic oxidation sites excluding steroid dienone is 2. The van der Waals surface area contributed by atoms with Gasteiger partial charge in [0.05, 0.1) is 16.3 Å². The van der Waals surface area contributed by atoms with Gasteiger partial charge in [-0.05, 0) is 38.5 Å². The summed E-state index contributed by atoms with van der Waals surface area (Å²) in [5.41, 5.74) is 2.96. The summed E-state index contributed by atoms with van der Waals surface area (Å²) in [6.07, 6.45) is 4.09. The Morgan fingerprint density at radius 1 is 1.29 bits per heavy atom. The minimum Gasteiger partial charge on any atom is -0.344 e. The molecule has 0 fully saturated rings. The van der Waals surface area contributed by atoms with E-state index in [1.165, 1.54) is 4.88 Å². The second kappa shape index (κ2) is 7.05. The molecule has 0 aliphatic carbocycles. The number of amides is 1. The molecule has 124 valence electrons. The van der Waals surface area contributed by atoms with Crippen molar-refractivity contribution in [1.82, 2.24) is 9.88 Å². The molecule has 0 saturated carbocycles. The van der Waals surface area contributed by atoms with E-state index in [2.05, 4.69) is 29.0 Å². The lowest BCUT2D eigenvalue weighted by Crippen LogP contribution is -2.28. The fraction of sp³-hybridized carbons (Fsp3) is 0.250. The molecule has 0 radical (unpaired) electrons. The number of nitrogens with zero attached hydrogens (tertiary/aromatic N) is 1. The van der Waals surface area contributed by atoms with Gasteiger partial charge in [0.25, 0.3) is 5.91 Å². The van der Waals surface area contributed by atoms with E-state index in [1.54, 1.807) is 11.3 Å². The van der Waals surface area contributed by atoms with Crippen LogP contribution >= 0.6 is 11.3 Å². The highest BCUT2D eigenvalue weighted by atomic mass is 32.1. The number of carbonyl (C=O) groups excluding carboxylic acids is 1. The molecule has 0 saturated heterocycles. The van der Waals surface area contributed by atoms with E-state index in [9.17, 15) is 4.79 Å². The fourth-order valence-electron chi connectivity index (χ4n) is 2.86. The number of benzene rings is 1. The summed E-state index contributed by atoms with van der Waals surface area (Å²) < 4.78 is 3.25. The highest BCUT2D eigenvalue weighted by molar-refractivity contribution is 7.19. The zero-order valence-electron chi connectivity index (χ0n) is 14.2. The number of nitrogens with one attached hydrogen (secondary N) is 1. The van der Waals surface area contributed by atoms with E-state index in [-0.39, 0.29) is 11.9 Å². The first-order chi connectivity index (χ1) is 11.6. The number of rotatable bonds is 5. The first-order valence-electron chi connectivity index (χ1n) is 8.16. The predicted octanol–water partition coefficient (Wildman–Crippen LogP) is 5.08. The average Bonchev–Trinajstić information content (AvgIpc) is 3.10. The van der Waals surface area contributed by atoms with Crippen LogP contribution < -0.4 is 5.32 Å². The zero-order valence-corrected chi connectivity index (χ0v) is 15.1. The van der Waals surface area contributed by atoms with Crippen LogP contribution in [0.15, 0.2) is 54.6 Å². The molecule has 3 aromatic rings. The van der Waals surface area contributed by atoms with Crippen molar-refractivity contribution in [3.05, 3.63) is 70.8 Å². The van der Waals surface area contributed by atoms with Crippen LogP contribution in [-0.4, -0.2) is 10.5 Å². The van der Waals surface area contributed by atoms with Crippen molar-refractivity contribution in [3.63, 3.8) is 0 Å². The molecule has 24 heavy (non-hydrogen) atoms. The Morgan fingerprint density at radius 2 is 2.04 bits per heavy atom. The Morgan fingerprint density at radius 3 is 2.75 bits per heavy atom. The van der Waals surface area contributed by atoms with Crippen molar-refractivity contribution in [2.24, 2.45) is 0 Å². The fourth-order valence-corrected chi connectivity index (χ4v) is 3.82. The van der Waals surface area contributed by atoms with E-state index >= 15 is 0 Å². The molecule has 2 heterocycles. The topological polar surface area (TPSA) is 34.0 Å². The normalized spacial score (nSPS) is 12.8. The lowest BCUT2D eigenvalue weighted by Gasteiger charge is -2.15. The van der Waals surface area contributed by atoms with Gasteiger partial charge >= 0.3 is 0 Å². The molecule has 2 aromatic heterocycles. The number of aromatic nitrogens is 1. The molecule has 1 N–H and O–H groups in total. The third-order valence-corrected chi connectivity index (χ3v) is 5.10. The van der Waals surface area contributed by atoms with E-state index in [4.69, 9.17) is 0 Å². The van der Waals surface area contributed by atoms with Gasteiger partial charge in [0.15, 0.2) is 0 Å². The molecule has 0 aliphatic rings. The quantitative estimate of drug-likeness (QED) is 0.647. The van der Waals surface area contributed by atoms with Crippen molar-refractivity contribution in [1.29, 1.82) is 0 Å². The lowest BCUT2D eigenvalue weighted by atomic mass is 10.1.